The van der Waals surface area contributed by atoms with E-state index in [0.717, 1.165) is 22.4 Å². The Morgan fingerprint density at radius 1 is 1.13 bits per heavy atom. The molecule has 1 amide bonds. The minimum absolute atomic E-state index is 0.0138. The molecule has 9 heteroatoms. The fourth-order valence-corrected chi connectivity index (χ4v) is 3.52. The monoisotopic (exact) mass is 424 g/mol. The molecule has 0 saturated heterocycles. The van der Waals surface area contributed by atoms with E-state index in [9.17, 15) is 14.0 Å². The van der Waals surface area contributed by atoms with Gasteiger partial charge in [0, 0.05) is 16.5 Å². The summed E-state index contributed by atoms with van der Waals surface area (Å²) in [6, 6.07) is 13.4. The highest BCUT2D eigenvalue weighted by atomic mass is 32.1. The van der Waals surface area contributed by atoms with Crippen LogP contribution in [0.25, 0.3) is 22.7 Å². The zero-order valence-corrected chi connectivity index (χ0v) is 16.8. The van der Waals surface area contributed by atoms with Gasteiger partial charge in [-0.05, 0) is 36.2 Å². The van der Waals surface area contributed by atoms with Gasteiger partial charge in [-0.1, -0.05) is 31.2 Å². The maximum atomic E-state index is 13.0. The molecule has 2 aromatic heterocycles. The van der Waals surface area contributed by atoms with Crippen molar-refractivity contribution < 1.29 is 13.6 Å². The number of aryl methyl sites for hydroxylation is 1. The van der Waals surface area contributed by atoms with Crippen molar-refractivity contribution in [2.24, 2.45) is 0 Å². The second-order valence-electron chi connectivity index (χ2n) is 6.47. The van der Waals surface area contributed by atoms with Crippen LogP contribution in [0.2, 0.25) is 0 Å². The Hall–Kier alpha value is -3.59. The quantitative estimate of drug-likeness (QED) is 0.506. The number of carbonyl (C=O) groups is 1. The normalized spacial score (nSPS) is 10.9. The first-order valence-electron chi connectivity index (χ1n) is 9.20. The van der Waals surface area contributed by atoms with Gasteiger partial charge >= 0.3 is 5.76 Å². The average molecular weight is 424 g/mol. The molecular weight excluding hydrogens is 407 g/mol. The number of thiazole rings is 1. The zero-order valence-electron chi connectivity index (χ0n) is 16.0. The van der Waals surface area contributed by atoms with E-state index in [2.05, 4.69) is 22.3 Å². The Balaban J connectivity index is 1.43. The van der Waals surface area contributed by atoms with Crippen LogP contribution < -0.4 is 11.1 Å². The molecule has 0 unspecified atom stereocenters. The van der Waals surface area contributed by atoms with E-state index in [1.165, 1.54) is 41.2 Å². The molecular formula is C21H17FN4O3S. The van der Waals surface area contributed by atoms with E-state index in [-0.39, 0.29) is 12.4 Å². The Morgan fingerprint density at radius 2 is 1.83 bits per heavy atom. The SMILES string of the molecule is CCc1ccc(-c2csc(NC(=O)Cn3nc(-c4ccc(F)cc4)oc3=O)n2)cc1. The summed E-state index contributed by atoms with van der Waals surface area (Å²) in [5, 5.41) is 8.94. The first-order chi connectivity index (χ1) is 14.5. The Bertz CT molecular complexity index is 1230. The van der Waals surface area contributed by atoms with Crippen molar-refractivity contribution >= 4 is 22.4 Å². The van der Waals surface area contributed by atoms with Gasteiger partial charge in [-0.15, -0.1) is 16.4 Å². The number of rotatable bonds is 6. The number of anilines is 1. The third-order valence-electron chi connectivity index (χ3n) is 4.40. The predicted molar refractivity (Wildman–Crippen MR) is 112 cm³/mol. The summed E-state index contributed by atoms with van der Waals surface area (Å²) in [6.45, 7) is 1.76. The van der Waals surface area contributed by atoms with Crippen molar-refractivity contribution in [3.05, 3.63) is 75.8 Å². The summed E-state index contributed by atoms with van der Waals surface area (Å²) >= 11 is 1.29. The predicted octanol–water partition coefficient (Wildman–Crippen LogP) is 3.97. The van der Waals surface area contributed by atoms with Crippen LogP contribution in [0.3, 0.4) is 0 Å². The van der Waals surface area contributed by atoms with Gasteiger partial charge in [-0.25, -0.2) is 14.2 Å². The Morgan fingerprint density at radius 3 is 2.53 bits per heavy atom. The van der Waals surface area contributed by atoms with E-state index in [4.69, 9.17) is 4.42 Å². The molecule has 0 aliphatic rings. The lowest BCUT2D eigenvalue weighted by Gasteiger charge is -2.01. The van der Waals surface area contributed by atoms with E-state index in [1.54, 1.807) is 0 Å². The minimum atomic E-state index is -0.777. The molecule has 2 heterocycles. The summed E-state index contributed by atoms with van der Waals surface area (Å²) in [5.74, 6) is -1.64. The fourth-order valence-electron chi connectivity index (χ4n) is 2.79. The molecule has 1 N–H and O–H groups in total. The van der Waals surface area contributed by atoms with Gasteiger partial charge < -0.3 is 9.73 Å². The van der Waals surface area contributed by atoms with Crippen molar-refractivity contribution in [1.29, 1.82) is 0 Å². The number of nitrogens with zero attached hydrogens (tertiary/aromatic N) is 3. The second-order valence-corrected chi connectivity index (χ2v) is 7.33. The number of hydrogen-bond acceptors (Lipinski definition) is 6. The molecule has 0 bridgehead atoms. The van der Waals surface area contributed by atoms with Crippen LogP contribution in [-0.4, -0.2) is 20.7 Å². The van der Waals surface area contributed by atoms with Crippen molar-refractivity contribution in [3.63, 3.8) is 0 Å². The number of carbonyl (C=O) groups excluding carboxylic acids is 1. The van der Waals surface area contributed by atoms with Crippen LogP contribution in [0.15, 0.2) is 63.1 Å². The minimum Gasteiger partial charge on any atom is -0.388 e. The van der Waals surface area contributed by atoms with Gasteiger partial charge in [0.15, 0.2) is 5.13 Å². The van der Waals surface area contributed by atoms with Crippen molar-refractivity contribution in [2.75, 3.05) is 5.32 Å². The number of halogens is 1. The molecule has 4 aromatic rings. The maximum Gasteiger partial charge on any atom is 0.437 e. The third-order valence-corrected chi connectivity index (χ3v) is 5.16. The number of benzene rings is 2. The van der Waals surface area contributed by atoms with Gasteiger partial charge in [-0.3, -0.25) is 4.79 Å². The molecule has 7 nitrogen and oxygen atoms in total. The molecule has 152 valence electrons. The Kier molecular flexibility index (Phi) is 5.53. The first-order valence-corrected chi connectivity index (χ1v) is 10.1. The van der Waals surface area contributed by atoms with Gasteiger partial charge in [0.1, 0.15) is 12.4 Å². The largest absolute Gasteiger partial charge is 0.437 e. The summed E-state index contributed by atoms with van der Waals surface area (Å²) < 4.78 is 19.0. The summed E-state index contributed by atoms with van der Waals surface area (Å²) in [4.78, 5) is 28.7. The number of hydrogen-bond donors (Lipinski definition) is 1. The average Bonchev–Trinajstić information content (AvgIpc) is 3.35. The van der Waals surface area contributed by atoms with E-state index in [0.29, 0.717) is 10.7 Å². The summed E-state index contributed by atoms with van der Waals surface area (Å²) in [7, 11) is 0. The maximum absolute atomic E-state index is 13.0. The van der Waals surface area contributed by atoms with E-state index in [1.807, 2.05) is 29.6 Å². The highest BCUT2D eigenvalue weighted by molar-refractivity contribution is 7.14. The number of aromatic nitrogens is 3. The lowest BCUT2D eigenvalue weighted by Crippen LogP contribution is -2.25. The second kappa shape index (κ2) is 8.42. The van der Waals surface area contributed by atoms with Crippen molar-refractivity contribution in [2.45, 2.75) is 19.9 Å². The van der Waals surface area contributed by atoms with Crippen molar-refractivity contribution in [1.82, 2.24) is 14.8 Å². The van der Waals surface area contributed by atoms with Gasteiger partial charge in [0.25, 0.3) is 0 Å². The number of nitrogens with one attached hydrogen (secondary N) is 1. The van der Waals surface area contributed by atoms with Crippen LogP contribution in [0.1, 0.15) is 12.5 Å². The molecule has 30 heavy (non-hydrogen) atoms. The van der Waals surface area contributed by atoms with Crippen LogP contribution >= 0.6 is 11.3 Å². The molecule has 0 atom stereocenters. The van der Waals surface area contributed by atoms with Crippen LogP contribution in [0.5, 0.6) is 0 Å². The van der Waals surface area contributed by atoms with Gasteiger partial charge in [0.05, 0.1) is 5.69 Å². The standard InChI is InChI=1S/C21H17FN4O3S/c1-2-13-3-5-14(6-4-13)17-12-30-20(23-17)24-18(27)11-26-21(28)29-19(25-26)15-7-9-16(22)10-8-15/h3-10,12H,2,11H2,1H3,(H,23,24,27). The summed E-state index contributed by atoms with van der Waals surface area (Å²) in [5.41, 5.74) is 3.39. The molecule has 0 fully saturated rings. The molecule has 0 saturated carbocycles. The van der Waals surface area contributed by atoms with Crippen LogP contribution in [-0.2, 0) is 17.8 Å². The topological polar surface area (TPSA) is 90.0 Å². The smallest absolute Gasteiger partial charge is 0.388 e. The molecule has 0 spiro atoms. The molecule has 4 rings (SSSR count). The van der Waals surface area contributed by atoms with Crippen LogP contribution in [0.4, 0.5) is 9.52 Å². The lowest BCUT2D eigenvalue weighted by molar-refractivity contribution is -0.117. The fraction of sp³-hybridized carbons (Fsp3) is 0.143. The molecule has 0 aliphatic heterocycles. The van der Waals surface area contributed by atoms with Gasteiger partial charge in [-0.2, -0.15) is 4.68 Å². The zero-order chi connectivity index (χ0) is 21.1. The third kappa shape index (κ3) is 4.36. The molecule has 0 radical (unpaired) electrons. The molecule has 2 aromatic carbocycles. The van der Waals surface area contributed by atoms with Crippen LogP contribution in [0, 0.1) is 5.82 Å². The highest BCUT2D eigenvalue weighted by Gasteiger charge is 2.15. The Labute approximate surface area is 174 Å². The molecule has 0 aliphatic carbocycles. The van der Waals surface area contributed by atoms with Crippen molar-refractivity contribution in [3.8, 4) is 22.7 Å². The summed E-state index contributed by atoms with van der Waals surface area (Å²) in [6.07, 6.45) is 0.961. The number of amides is 1. The highest BCUT2D eigenvalue weighted by Crippen LogP contribution is 2.25. The first kappa shape index (κ1) is 19.7. The van der Waals surface area contributed by atoms with E-state index >= 15 is 0 Å². The van der Waals surface area contributed by atoms with E-state index < -0.39 is 17.5 Å². The van der Waals surface area contributed by atoms with Gasteiger partial charge in [0.2, 0.25) is 11.8 Å². The lowest BCUT2D eigenvalue weighted by atomic mass is 10.1.